The number of nitrogens with one attached hydrogen (secondary N) is 2. The van der Waals surface area contributed by atoms with Crippen LogP contribution in [0, 0.1) is 23.4 Å². The van der Waals surface area contributed by atoms with Gasteiger partial charge in [0.25, 0.3) is 5.91 Å². The van der Waals surface area contributed by atoms with Crippen LogP contribution in [0.3, 0.4) is 0 Å². The van der Waals surface area contributed by atoms with Crippen molar-refractivity contribution in [3.8, 4) is 0 Å². The van der Waals surface area contributed by atoms with Crippen LogP contribution >= 0.6 is 12.4 Å². The van der Waals surface area contributed by atoms with E-state index in [1.165, 1.54) is 6.07 Å². The fourth-order valence-corrected chi connectivity index (χ4v) is 6.14. The third kappa shape index (κ3) is 4.98. The number of benzene rings is 2. The van der Waals surface area contributed by atoms with E-state index >= 15 is 0 Å². The van der Waals surface area contributed by atoms with Gasteiger partial charge in [-0.3, -0.25) is 9.89 Å². The van der Waals surface area contributed by atoms with Gasteiger partial charge in [0.05, 0.1) is 21.7 Å². The molecule has 0 saturated carbocycles. The van der Waals surface area contributed by atoms with E-state index in [0.29, 0.717) is 22.9 Å². The van der Waals surface area contributed by atoms with E-state index in [1.807, 2.05) is 13.8 Å². The number of hydrogen-bond donors (Lipinski definition) is 3. The lowest BCUT2D eigenvalue weighted by molar-refractivity contribution is 0.102. The van der Waals surface area contributed by atoms with Gasteiger partial charge in [-0.05, 0) is 43.5 Å². The number of H-pyrrole nitrogens is 1. The molecule has 2 aromatic carbocycles. The molecule has 0 bridgehead atoms. The number of nitrogens with zero attached hydrogens (tertiary/aromatic N) is 2. The summed E-state index contributed by atoms with van der Waals surface area (Å²) >= 11 is 0. The minimum absolute atomic E-state index is 0. The van der Waals surface area contributed by atoms with Gasteiger partial charge in [0, 0.05) is 24.2 Å². The summed E-state index contributed by atoms with van der Waals surface area (Å²) in [7, 11) is -4.34. The zero-order valence-electron chi connectivity index (χ0n) is 20.5. The molecule has 2 heterocycles. The molecule has 1 amide bonds. The molecule has 13 heteroatoms. The Kier molecular flexibility index (Phi) is 7.81. The van der Waals surface area contributed by atoms with Crippen LogP contribution in [0.5, 0.6) is 0 Å². The van der Waals surface area contributed by atoms with Crippen molar-refractivity contribution in [2.75, 3.05) is 5.32 Å². The first kappa shape index (κ1) is 28.6. The Hall–Kier alpha value is -2.93. The maximum atomic E-state index is 14.7. The molecule has 1 unspecified atom stereocenters. The Morgan fingerprint density at radius 2 is 1.78 bits per heavy atom. The number of amides is 1. The lowest BCUT2D eigenvalue weighted by atomic mass is 9.92. The van der Waals surface area contributed by atoms with Crippen LogP contribution in [0.15, 0.2) is 41.3 Å². The van der Waals surface area contributed by atoms with Gasteiger partial charge in [0.2, 0.25) is 10.0 Å². The van der Waals surface area contributed by atoms with E-state index in [9.17, 15) is 26.4 Å². The highest BCUT2D eigenvalue weighted by atomic mass is 35.5. The number of sulfonamides is 1. The van der Waals surface area contributed by atoms with Crippen molar-refractivity contribution >= 4 is 34.2 Å². The minimum atomic E-state index is -4.34. The van der Waals surface area contributed by atoms with Crippen LogP contribution in [-0.2, 0) is 22.1 Å². The van der Waals surface area contributed by atoms with Crippen LogP contribution < -0.4 is 11.1 Å². The molecule has 1 aliphatic rings. The van der Waals surface area contributed by atoms with Crippen LogP contribution in [-0.4, -0.2) is 28.8 Å². The summed E-state index contributed by atoms with van der Waals surface area (Å²) in [6, 6.07) is 5.65. The first-order chi connectivity index (χ1) is 16.7. The molecule has 4 N–H and O–H groups in total. The average molecular weight is 558 g/mol. The molecule has 3 aromatic rings. The molecule has 0 spiro atoms. The molecule has 0 aliphatic carbocycles. The van der Waals surface area contributed by atoms with Crippen molar-refractivity contribution < 1.29 is 26.4 Å². The second-order valence-electron chi connectivity index (χ2n) is 9.53. The number of aromatic nitrogens is 2. The average Bonchev–Trinajstić information content (AvgIpc) is 3.30. The number of hydrogen-bond acceptors (Lipinski definition) is 5. The normalized spacial score (nSPS) is 15.8. The minimum Gasteiger partial charge on any atom is -0.324 e. The lowest BCUT2D eigenvalue weighted by Crippen LogP contribution is -2.40. The molecule has 1 aliphatic heterocycles. The van der Waals surface area contributed by atoms with Crippen molar-refractivity contribution in [2.45, 2.75) is 50.7 Å². The molecule has 1 atom stereocenters. The molecule has 0 saturated heterocycles. The summed E-state index contributed by atoms with van der Waals surface area (Å²) in [5, 5.41) is 9.41. The van der Waals surface area contributed by atoms with Gasteiger partial charge in [0.15, 0.2) is 5.82 Å². The third-order valence-corrected chi connectivity index (χ3v) is 8.41. The first-order valence-corrected chi connectivity index (χ1v) is 12.6. The highest BCUT2D eigenvalue weighted by Gasteiger charge is 2.48. The SMILES string of the molecule is CC(C)C(N)c1cccc(F)c1C(=O)Nc1n[nH]c2c1CN(S(=O)(=O)c1cc(F)cc(F)c1)C2(C)C.Cl. The standard InChI is InChI=1S/C24H26F3N5O3S.ClH/c1-12(2)20(28)16-6-5-7-18(27)19(16)23(33)29-22-17-11-32(24(3,4)21(17)30-31-22)36(34,35)15-9-13(25)8-14(26)10-15;/h5-10,12,20H,11,28H2,1-4H3,(H2,29,30,31,33);1H. The number of halogens is 4. The number of nitrogens with two attached hydrogens (primary N) is 1. The zero-order valence-corrected chi connectivity index (χ0v) is 22.1. The van der Waals surface area contributed by atoms with Crippen molar-refractivity contribution in [1.82, 2.24) is 14.5 Å². The second-order valence-corrected chi connectivity index (χ2v) is 11.4. The largest absolute Gasteiger partial charge is 0.324 e. The predicted octanol–water partition coefficient (Wildman–Crippen LogP) is 4.60. The fourth-order valence-electron chi connectivity index (χ4n) is 4.37. The van der Waals surface area contributed by atoms with Crippen molar-refractivity contribution in [1.29, 1.82) is 0 Å². The Balaban J connectivity index is 0.00000380. The number of aromatic amines is 1. The van der Waals surface area contributed by atoms with Gasteiger partial charge < -0.3 is 11.1 Å². The van der Waals surface area contributed by atoms with Gasteiger partial charge in [-0.25, -0.2) is 21.6 Å². The predicted molar refractivity (Wildman–Crippen MR) is 134 cm³/mol. The number of carbonyl (C=O) groups excluding carboxylic acids is 1. The highest BCUT2D eigenvalue weighted by molar-refractivity contribution is 7.89. The highest BCUT2D eigenvalue weighted by Crippen LogP contribution is 2.44. The summed E-state index contributed by atoms with van der Waals surface area (Å²) in [5.74, 6) is -3.66. The van der Waals surface area contributed by atoms with Gasteiger partial charge >= 0.3 is 0 Å². The van der Waals surface area contributed by atoms with Crippen LogP contribution in [0.25, 0.3) is 0 Å². The monoisotopic (exact) mass is 557 g/mol. The number of anilines is 1. The van der Waals surface area contributed by atoms with Gasteiger partial charge in [-0.15, -0.1) is 12.4 Å². The summed E-state index contributed by atoms with van der Waals surface area (Å²) in [4.78, 5) is 12.6. The number of fused-ring (bicyclic) bond motifs is 1. The third-order valence-electron chi connectivity index (χ3n) is 6.41. The van der Waals surface area contributed by atoms with E-state index in [-0.39, 0.29) is 36.3 Å². The molecule has 0 fully saturated rings. The Morgan fingerprint density at radius 3 is 2.38 bits per heavy atom. The van der Waals surface area contributed by atoms with Gasteiger partial charge in [0.1, 0.15) is 17.5 Å². The maximum Gasteiger partial charge on any atom is 0.260 e. The van der Waals surface area contributed by atoms with Crippen LogP contribution in [0.2, 0.25) is 0 Å². The van der Waals surface area contributed by atoms with Crippen molar-refractivity contribution in [2.24, 2.45) is 11.7 Å². The topological polar surface area (TPSA) is 121 Å². The summed E-state index contributed by atoms with van der Waals surface area (Å²) in [5.41, 5.74) is 5.82. The quantitative estimate of drug-likeness (QED) is 0.409. The van der Waals surface area contributed by atoms with Crippen LogP contribution in [0.1, 0.15) is 60.9 Å². The summed E-state index contributed by atoms with van der Waals surface area (Å²) in [6.07, 6.45) is 0. The van der Waals surface area contributed by atoms with Gasteiger partial charge in [-0.2, -0.15) is 9.40 Å². The lowest BCUT2D eigenvalue weighted by Gasteiger charge is -2.30. The first-order valence-electron chi connectivity index (χ1n) is 11.2. The number of carbonyl (C=O) groups is 1. The number of rotatable bonds is 6. The molecular formula is C24H27ClF3N5O3S. The molecule has 4 rings (SSSR count). The van der Waals surface area contributed by atoms with Crippen LogP contribution in [0.4, 0.5) is 19.0 Å². The summed E-state index contributed by atoms with van der Waals surface area (Å²) in [6.45, 7) is 6.63. The zero-order chi connectivity index (χ0) is 26.6. The molecule has 37 heavy (non-hydrogen) atoms. The Bertz CT molecular complexity index is 1440. The Morgan fingerprint density at radius 1 is 1.16 bits per heavy atom. The Labute approximate surface area is 218 Å². The molecule has 200 valence electrons. The molecule has 8 nitrogen and oxygen atoms in total. The van der Waals surface area contributed by atoms with E-state index in [0.717, 1.165) is 22.5 Å². The van der Waals surface area contributed by atoms with E-state index in [2.05, 4.69) is 15.5 Å². The van der Waals surface area contributed by atoms with E-state index in [4.69, 9.17) is 5.73 Å². The van der Waals surface area contributed by atoms with E-state index in [1.54, 1.807) is 19.9 Å². The smallest absolute Gasteiger partial charge is 0.260 e. The van der Waals surface area contributed by atoms with Crippen molar-refractivity contribution in [3.63, 3.8) is 0 Å². The van der Waals surface area contributed by atoms with Crippen molar-refractivity contribution in [3.05, 3.63) is 76.2 Å². The summed E-state index contributed by atoms with van der Waals surface area (Å²) < 4.78 is 69.9. The fraction of sp³-hybridized carbons (Fsp3) is 0.333. The molecule has 1 aromatic heterocycles. The van der Waals surface area contributed by atoms with E-state index < -0.39 is 49.9 Å². The second kappa shape index (κ2) is 10.1. The molecule has 0 radical (unpaired) electrons. The maximum absolute atomic E-state index is 14.7. The van der Waals surface area contributed by atoms with Gasteiger partial charge in [-0.1, -0.05) is 26.0 Å². The molecular weight excluding hydrogens is 531 g/mol.